The van der Waals surface area contributed by atoms with E-state index in [1.54, 1.807) is 23.1 Å². The number of nitrogens with zero attached hydrogens (tertiary/aromatic N) is 1. The lowest BCUT2D eigenvalue weighted by atomic mass is 10.1. The zero-order valence-corrected chi connectivity index (χ0v) is 13.6. The van der Waals surface area contributed by atoms with Crippen molar-refractivity contribution < 1.29 is 9.18 Å². The molecule has 2 nitrogen and oxygen atoms in total. The number of rotatable bonds is 4. The van der Waals surface area contributed by atoms with E-state index in [-0.39, 0.29) is 17.8 Å². The Kier molecular flexibility index (Phi) is 5.12. The van der Waals surface area contributed by atoms with Gasteiger partial charge in [-0.1, -0.05) is 24.3 Å². The minimum Gasteiger partial charge on any atom is -0.332 e. The number of halogens is 2. The van der Waals surface area contributed by atoms with Crippen LogP contribution in [0.3, 0.4) is 0 Å². The third-order valence-corrected chi connectivity index (χ3v) is 4.22. The zero-order valence-electron chi connectivity index (χ0n) is 12.0. The molecule has 1 amide bonds. The average molecular weight is 350 g/mol. The lowest BCUT2D eigenvalue weighted by molar-refractivity contribution is 0.0701. The molecular weight excluding hydrogens is 333 g/mol. The Morgan fingerprint density at radius 3 is 2.38 bits per heavy atom. The van der Waals surface area contributed by atoms with Crippen LogP contribution in [0.15, 0.2) is 53.0 Å². The predicted molar refractivity (Wildman–Crippen MR) is 85.7 cm³/mol. The van der Waals surface area contributed by atoms with Gasteiger partial charge in [0.15, 0.2) is 0 Å². The monoisotopic (exact) mass is 349 g/mol. The molecule has 2 aromatic carbocycles. The van der Waals surface area contributed by atoms with Crippen molar-refractivity contribution in [1.82, 2.24) is 4.90 Å². The molecule has 0 saturated heterocycles. The molecule has 2 aromatic rings. The summed E-state index contributed by atoms with van der Waals surface area (Å²) in [6.45, 7) is 4.47. The zero-order chi connectivity index (χ0) is 15.4. The maximum absolute atomic E-state index is 13.0. The second-order valence-electron chi connectivity index (χ2n) is 4.80. The standard InChI is InChI=1S/C17H17BrFNO/c1-3-20(12(2)13-8-10-14(19)11-9-13)17(21)15-6-4-5-7-16(15)18/h4-12H,3H2,1-2H3. The number of hydrogen-bond donors (Lipinski definition) is 0. The Morgan fingerprint density at radius 2 is 1.81 bits per heavy atom. The topological polar surface area (TPSA) is 20.3 Å². The number of benzene rings is 2. The molecule has 0 heterocycles. The van der Waals surface area contributed by atoms with E-state index in [1.807, 2.05) is 32.0 Å². The van der Waals surface area contributed by atoms with Crippen LogP contribution < -0.4 is 0 Å². The Labute approximate surface area is 132 Å². The molecule has 0 aliphatic rings. The van der Waals surface area contributed by atoms with Crippen LogP contribution in [-0.2, 0) is 0 Å². The maximum Gasteiger partial charge on any atom is 0.255 e. The maximum atomic E-state index is 13.0. The van der Waals surface area contributed by atoms with E-state index in [9.17, 15) is 9.18 Å². The van der Waals surface area contributed by atoms with E-state index < -0.39 is 0 Å². The fraction of sp³-hybridized carbons (Fsp3) is 0.235. The van der Waals surface area contributed by atoms with Crippen molar-refractivity contribution in [3.8, 4) is 0 Å². The van der Waals surface area contributed by atoms with E-state index >= 15 is 0 Å². The largest absolute Gasteiger partial charge is 0.332 e. The molecule has 0 radical (unpaired) electrons. The number of carbonyl (C=O) groups is 1. The molecule has 110 valence electrons. The summed E-state index contributed by atoms with van der Waals surface area (Å²) in [5.74, 6) is -0.312. The van der Waals surface area contributed by atoms with Crippen LogP contribution in [0, 0.1) is 5.82 Å². The fourth-order valence-electron chi connectivity index (χ4n) is 2.30. The van der Waals surface area contributed by atoms with Crippen molar-refractivity contribution in [2.75, 3.05) is 6.54 Å². The van der Waals surface area contributed by atoms with Crippen LogP contribution in [0.5, 0.6) is 0 Å². The summed E-state index contributed by atoms with van der Waals surface area (Å²) in [5, 5.41) is 0. The summed E-state index contributed by atoms with van der Waals surface area (Å²) < 4.78 is 13.8. The third-order valence-electron chi connectivity index (χ3n) is 3.53. The highest BCUT2D eigenvalue weighted by Gasteiger charge is 2.22. The van der Waals surface area contributed by atoms with Gasteiger partial charge in [-0.25, -0.2) is 4.39 Å². The molecule has 0 aliphatic heterocycles. The highest BCUT2D eigenvalue weighted by Crippen LogP contribution is 2.25. The molecule has 21 heavy (non-hydrogen) atoms. The summed E-state index contributed by atoms with van der Waals surface area (Å²) in [6, 6.07) is 13.5. The van der Waals surface area contributed by atoms with Crippen LogP contribution in [0.25, 0.3) is 0 Å². The van der Waals surface area contributed by atoms with E-state index in [4.69, 9.17) is 0 Å². The molecule has 0 fully saturated rings. The first-order valence-electron chi connectivity index (χ1n) is 6.85. The van der Waals surface area contributed by atoms with Crippen molar-refractivity contribution in [1.29, 1.82) is 0 Å². The number of amides is 1. The minimum atomic E-state index is -0.272. The van der Waals surface area contributed by atoms with Gasteiger partial charge in [-0.05, 0) is 59.6 Å². The van der Waals surface area contributed by atoms with Crippen LogP contribution in [0.2, 0.25) is 0 Å². The van der Waals surface area contributed by atoms with Gasteiger partial charge >= 0.3 is 0 Å². The normalized spacial score (nSPS) is 12.0. The number of carbonyl (C=O) groups excluding carboxylic acids is 1. The van der Waals surface area contributed by atoms with Crippen LogP contribution >= 0.6 is 15.9 Å². The Hall–Kier alpha value is -1.68. The second-order valence-corrected chi connectivity index (χ2v) is 5.65. The van der Waals surface area contributed by atoms with E-state index in [0.717, 1.165) is 10.0 Å². The van der Waals surface area contributed by atoms with E-state index in [2.05, 4.69) is 15.9 Å². The van der Waals surface area contributed by atoms with Crippen molar-refractivity contribution in [3.05, 3.63) is 69.9 Å². The van der Waals surface area contributed by atoms with Crippen molar-refractivity contribution in [2.24, 2.45) is 0 Å². The lowest BCUT2D eigenvalue weighted by Gasteiger charge is -2.29. The molecule has 0 spiro atoms. The quantitative estimate of drug-likeness (QED) is 0.775. The van der Waals surface area contributed by atoms with Gasteiger partial charge in [0, 0.05) is 11.0 Å². The molecule has 0 bridgehead atoms. The summed E-state index contributed by atoms with van der Waals surface area (Å²) in [6.07, 6.45) is 0. The van der Waals surface area contributed by atoms with Crippen molar-refractivity contribution in [3.63, 3.8) is 0 Å². The van der Waals surface area contributed by atoms with E-state index in [1.165, 1.54) is 12.1 Å². The molecule has 2 rings (SSSR count). The molecule has 1 unspecified atom stereocenters. The summed E-state index contributed by atoms with van der Waals surface area (Å²) in [5.41, 5.74) is 1.55. The van der Waals surface area contributed by atoms with Gasteiger partial charge in [-0.2, -0.15) is 0 Å². The number of hydrogen-bond acceptors (Lipinski definition) is 1. The Morgan fingerprint density at radius 1 is 1.19 bits per heavy atom. The summed E-state index contributed by atoms with van der Waals surface area (Å²) in [7, 11) is 0. The van der Waals surface area contributed by atoms with Crippen molar-refractivity contribution in [2.45, 2.75) is 19.9 Å². The molecular formula is C17H17BrFNO. The van der Waals surface area contributed by atoms with Gasteiger partial charge in [0.1, 0.15) is 5.82 Å². The molecule has 4 heteroatoms. The molecule has 0 N–H and O–H groups in total. The molecule has 0 aliphatic carbocycles. The smallest absolute Gasteiger partial charge is 0.255 e. The lowest BCUT2D eigenvalue weighted by Crippen LogP contribution is -2.33. The van der Waals surface area contributed by atoms with E-state index in [0.29, 0.717) is 12.1 Å². The highest BCUT2D eigenvalue weighted by atomic mass is 79.9. The molecule has 0 aromatic heterocycles. The van der Waals surface area contributed by atoms with Gasteiger partial charge in [-0.15, -0.1) is 0 Å². The van der Waals surface area contributed by atoms with Gasteiger partial charge in [0.25, 0.3) is 5.91 Å². The third kappa shape index (κ3) is 3.50. The predicted octanol–water partition coefficient (Wildman–Crippen LogP) is 4.81. The molecule has 0 saturated carbocycles. The first-order valence-corrected chi connectivity index (χ1v) is 7.64. The van der Waals surface area contributed by atoms with Crippen LogP contribution in [-0.4, -0.2) is 17.4 Å². The molecule has 1 atom stereocenters. The van der Waals surface area contributed by atoms with Gasteiger partial charge in [0.05, 0.1) is 11.6 Å². The van der Waals surface area contributed by atoms with Crippen LogP contribution in [0.4, 0.5) is 4.39 Å². The summed E-state index contributed by atoms with van der Waals surface area (Å²) in [4.78, 5) is 14.5. The average Bonchev–Trinajstić information content (AvgIpc) is 2.49. The first-order chi connectivity index (χ1) is 10.0. The van der Waals surface area contributed by atoms with Crippen LogP contribution in [0.1, 0.15) is 35.8 Å². The SMILES string of the molecule is CCN(C(=O)c1ccccc1Br)C(C)c1ccc(F)cc1. The minimum absolute atomic E-state index is 0.0400. The Balaban J connectivity index is 2.29. The first kappa shape index (κ1) is 15.7. The second kappa shape index (κ2) is 6.85. The summed E-state index contributed by atoms with van der Waals surface area (Å²) >= 11 is 3.41. The highest BCUT2D eigenvalue weighted by molar-refractivity contribution is 9.10. The van der Waals surface area contributed by atoms with Crippen molar-refractivity contribution >= 4 is 21.8 Å². The fourth-order valence-corrected chi connectivity index (χ4v) is 2.76. The Bertz CT molecular complexity index is 627. The van der Waals surface area contributed by atoms with Gasteiger partial charge in [-0.3, -0.25) is 4.79 Å². The van der Waals surface area contributed by atoms with Gasteiger partial charge in [0.2, 0.25) is 0 Å². The van der Waals surface area contributed by atoms with Gasteiger partial charge < -0.3 is 4.90 Å².